The summed E-state index contributed by atoms with van der Waals surface area (Å²) in [4.78, 5) is 22.9. The minimum absolute atomic E-state index is 0.186. The SMILES string of the molecule is Cc1cc(C(=O)Nc2ccc(CC(N)=O)cc2)ccc1N. The van der Waals surface area contributed by atoms with Crippen molar-refractivity contribution in [1.82, 2.24) is 0 Å². The molecular formula is C16H17N3O2. The molecule has 2 aromatic rings. The first-order valence-electron chi connectivity index (χ1n) is 6.50. The quantitative estimate of drug-likeness (QED) is 0.747. The van der Waals surface area contributed by atoms with Gasteiger partial charge in [-0.25, -0.2) is 0 Å². The highest BCUT2D eigenvalue weighted by Crippen LogP contribution is 2.15. The van der Waals surface area contributed by atoms with Gasteiger partial charge in [0.05, 0.1) is 6.42 Å². The van der Waals surface area contributed by atoms with E-state index in [9.17, 15) is 9.59 Å². The summed E-state index contributed by atoms with van der Waals surface area (Å²) < 4.78 is 0. The fraction of sp³-hybridized carbons (Fsp3) is 0.125. The van der Waals surface area contributed by atoms with Crippen molar-refractivity contribution in [2.24, 2.45) is 5.73 Å². The van der Waals surface area contributed by atoms with Crippen LogP contribution in [0.3, 0.4) is 0 Å². The molecule has 108 valence electrons. The molecule has 0 aromatic heterocycles. The van der Waals surface area contributed by atoms with Gasteiger partial charge in [-0.3, -0.25) is 9.59 Å². The van der Waals surface area contributed by atoms with Crippen molar-refractivity contribution in [3.63, 3.8) is 0 Å². The monoisotopic (exact) mass is 283 g/mol. The van der Waals surface area contributed by atoms with E-state index >= 15 is 0 Å². The highest BCUT2D eigenvalue weighted by atomic mass is 16.2. The number of benzene rings is 2. The number of rotatable bonds is 4. The van der Waals surface area contributed by atoms with Crippen molar-refractivity contribution in [2.45, 2.75) is 13.3 Å². The molecule has 0 heterocycles. The Hall–Kier alpha value is -2.82. The highest BCUT2D eigenvalue weighted by Gasteiger charge is 2.07. The summed E-state index contributed by atoms with van der Waals surface area (Å²) in [5.41, 5.74) is 14.4. The molecule has 2 aromatic carbocycles. The van der Waals surface area contributed by atoms with Crippen LogP contribution in [0.2, 0.25) is 0 Å². The van der Waals surface area contributed by atoms with Crippen LogP contribution in [0.1, 0.15) is 21.5 Å². The third kappa shape index (κ3) is 3.82. The van der Waals surface area contributed by atoms with Gasteiger partial charge < -0.3 is 16.8 Å². The Bertz CT molecular complexity index is 678. The van der Waals surface area contributed by atoms with Gasteiger partial charge in [-0.15, -0.1) is 0 Å². The predicted octanol–water partition coefficient (Wildman–Crippen LogP) is 1.86. The molecule has 5 N–H and O–H groups in total. The van der Waals surface area contributed by atoms with E-state index in [0.717, 1.165) is 11.1 Å². The molecule has 5 heteroatoms. The summed E-state index contributed by atoms with van der Waals surface area (Å²) >= 11 is 0. The molecule has 0 saturated carbocycles. The number of carbonyl (C=O) groups is 2. The van der Waals surface area contributed by atoms with Crippen LogP contribution in [0.15, 0.2) is 42.5 Å². The van der Waals surface area contributed by atoms with E-state index in [0.29, 0.717) is 16.9 Å². The van der Waals surface area contributed by atoms with E-state index in [2.05, 4.69) is 5.32 Å². The molecule has 0 unspecified atom stereocenters. The smallest absolute Gasteiger partial charge is 0.255 e. The molecule has 2 rings (SSSR count). The van der Waals surface area contributed by atoms with Gasteiger partial charge in [-0.1, -0.05) is 12.1 Å². The molecule has 0 atom stereocenters. The standard InChI is InChI=1S/C16H17N3O2/c1-10-8-12(4-7-14(10)17)16(21)19-13-5-2-11(3-6-13)9-15(18)20/h2-8H,9,17H2,1H3,(H2,18,20)(H,19,21). The number of primary amides is 1. The van der Waals surface area contributed by atoms with Crippen LogP contribution in [0.25, 0.3) is 0 Å². The van der Waals surface area contributed by atoms with Gasteiger partial charge in [0.2, 0.25) is 5.91 Å². The van der Waals surface area contributed by atoms with Crippen LogP contribution in [-0.4, -0.2) is 11.8 Å². The Morgan fingerprint density at radius 1 is 1.10 bits per heavy atom. The van der Waals surface area contributed by atoms with Crippen LogP contribution < -0.4 is 16.8 Å². The number of nitrogens with one attached hydrogen (secondary N) is 1. The third-order valence-corrected chi connectivity index (χ3v) is 3.12. The van der Waals surface area contributed by atoms with E-state index in [4.69, 9.17) is 11.5 Å². The number of anilines is 2. The minimum Gasteiger partial charge on any atom is -0.399 e. The highest BCUT2D eigenvalue weighted by molar-refractivity contribution is 6.04. The van der Waals surface area contributed by atoms with Gasteiger partial charge in [0, 0.05) is 16.9 Å². The zero-order valence-corrected chi connectivity index (χ0v) is 11.7. The maximum absolute atomic E-state index is 12.1. The number of nitrogens with two attached hydrogens (primary N) is 2. The topological polar surface area (TPSA) is 98.2 Å². The number of nitrogen functional groups attached to an aromatic ring is 1. The lowest BCUT2D eigenvalue weighted by Gasteiger charge is -2.08. The maximum atomic E-state index is 12.1. The number of hydrogen-bond acceptors (Lipinski definition) is 3. The largest absolute Gasteiger partial charge is 0.399 e. The average Bonchev–Trinajstić information content (AvgIpc) is 2.43. The van der Waals surface area contributed by atoms with E-state index in [1.165, 1.54) is 0 Å². The molecule has 0 aliphatic heterocycles. The zero-order chi connectivity index (χ0) is 15.4. The lowest BCUT2D eigenvalue weighted by atomic mass is 10.1. The molecule has 5 nitrogen and oxygen atoms in total. The molecular weight excluding hydrogens is 266 g/mol. The fourth-order valence-corrected chi connectivity index (χ4v) is 1.93. The number of hydrogen-bond donors (Lipinski definition) is 3. The van der Waals surface area contributed by atoms with Crippen LogP contribution in [-0.2, 0) is 11.2 Å². The second kappa shape index (κ2) is 6.09. The number of aryl methyl sites for hydroxylation is 1. The van der Waals surface area contributed by atoms with Crippen LogP contribution in [0, 0.1) is 6.92 Å². The summed E-state index contributed by atoms with van der Waals surface area (Å²) in [7, 11) is 0. The maximum Gasteiger partial charge on any atom is 0.255 e. The fourth-order valence-electron chi connectivity index (χ4n) is 1.93. The van der Waals surface area contributed by atoms with Gasteiger partial charge in [-0.2, -0.15) is 0 Å². The molecule has 0 spiro atoms. The van der Waals surface area contributed by atoms with Gasteiger partial charge in [0.25, 0.3) is 5.91 Å². The summed E-state index contributed by atoms with van der Waals surface area (Å²) in [6.07, 6.45) is 0.186. The first kappa shape index (κ1) is 14.6. The lowest BCUT2D eigenvalue weighted by Crippen LogP contribution is -2.14. The van der Waals surface area contributed by atoms with Crippen LogP contribution in [0.4, 0.5) is 11.4 Å². The Morgan fingerprint density at radius 2 is 1.76 bits per heavy atom. The molecule has 2 amide bonds. The Balaban J connectivity index is 2.08. The summed E-state index contributed by atoms with van der Waals surface area (Å²) in [5, 5.41) is 2.79. The van der Waals surface area contributed by atoms with Gasteiger partial charge in [0.15, 0.2) is 0 Å². The molecule has 0 saturated heterocycles. The van der Waals surface area contributed by atoms with Crippen LogP contribution in [0.5, 0.6) is 0 Å². The van der Waals surface area contributed by atoms with Gasteiger partial charge in [0.1, 0.15) is 0 Å². The zero-order valence-electron chi connectivity index (χ0n) is 11.7. The summed E-state index contributed by atoms with van der Waals surface area (Å²) in [6.45, 7) is 1.85. The van der Waals surface area contributed by atoms with Crippen molar-refractivity contribution >= 4 is 23.2 Å². The summed E-state index contributed by atoms with van der Waals surface area (Å²) in [6, 6.07) is 12.1. The number of carbonyl (C=O) groups excluding carboxylic acids is 2. The molecule has 0 fully saturated rings. The normalized spacial score (nSPS) is 10.1. The first-order chi connectivity index (χ1) is 9.95. The van der Waals surface area contributed by atoms with Gasteiger partial charge >= 0.3 is 0 Å². The van der Waals surface area contributed by atoms with Crippen LogP contribution >= 0.6 is 0 Å². The Kier molecular flexibility index (Phi) is 4.23. The van der Waals surface area contributed by atoms with Crippen molar-refractivity contribution in [3.05, 3.63) is 59.2 Å². The molecule has 0 bridgehead atoms. The average molecular weight is 283 g/mol. The molecule has 0 radical (unpaired) electrons. The van der Waals surface area contributed by atoms with Crippen molar-refractivity contribution in [1.29, 1.82) is 0 Å². The second-order valence-electron chi connectivity index (χ2n) is 4.87. The third-order valence-electron chi connectivity index (χ3n) is 3.12. The molecule has 21 heavy (non-hydrogen) atoms. The predicted molar refractivity (Wildman–Crippen MR) is 82.9 cm³/mol. The van der Waals surface area contributed by atoms with Crippen molar-refractivity contribution in [3.8, 4) is 0 Å². The van der Waals surface area contributed by atoms with E-state index < -0.39 is 0 Å². The first-order valence-corrected chi connectivity index (χ1v) is 6.50. The molecule has 0 aliphatic carbocycles. The molecule has 0 aliphatic rings. The summed E-state index contributed by atoms with van der Waals surface area (Å²) in [5.74, 6) is -0.593. The lowest BCUT2D eigenvalue weighted by molar-refractivity contribution is -0.117. The van der Waals surface area contributed by atoms with Crippen molar-refractivity contribution < 1.29 is 9.59 Å². The van der Waals surface area contributed by atoms with Crippen molar-refractivity contribution in [2.75, 3.05) is 11.1 Å². The second-order valence-corrected chi connectivity index (χ2v) is 4.87. The van der Waals surface area contributed by atoms with E-state index in [-0.39, 0.29) is 18.2 Å². The minimum atomic E-state index is -0.385. The Morgan fingerprint density at radius 3 is 2.33 bits per heavy atom. The number of amides is 2. The van der Waals surface area contributed by atoms with Gasteiger partial charge in [-0.05, 0) is 48.4 Å². The Labute approximate surface area is 123 Å². The van der Waals surface area contributed by atoms with E-state index in [1.54, 1.807) is 42.5 Å². The van der Waals surface area contributed by atoms with E-state index in [1.807, 2.05) is 6.92 Å².